The van der Waals surface area contributed by atoms with Gasteiger partial charge in [0.25, 0.3) is 0 Å². The Balaban J connectivity index is 2.62. The molecule has 102 valence electrons. The molecular weight excluding hydrogens is 231 g/mol. The van der Waals surface area contributed by atoms with Gasteiger partial charge in [0.1, 0.15) is 11.6 Å². The van der Waals surface area contributed by atoms with E-state index >= 15 is 0 Å². The fourth-order valence-corrected chi connectivity index (χ4v) is 1.93. The van der Waals surface area contributed by atoms with Crippen molar-refractivity contribution < 1.29 is 9.50 Å². The zero-order chi connectivity index (χ0) is 13.7. The molecule has 0 saturated heterocycles. The highest BCUT2D eigenvalue weighted by Gasteiger charge is 2.15. The number of phenolic OH excluding ortho intramolecular Hbond substituents is 1. The number of nitrogens with zero attached hydrogens (tertiary/aromatic N) is 2. The van der Waals surface area contributed by atoms with Crippen molar-refractivity contribution in [3.63, 3.8) is 0 Å². The van der Waals surface area contributed by atoms with E-state index in [9.17, 15) is 9.50 Å². The van der Waals surface area contributed by atoms with Crippen LogP contribution in [0, 0.1) is 5.82 Å². The average Bonchev–Trinajstić information content (AvgIpc) is 2.30. The summed E-state index contributed by atoms with van der Waals surface area (Å²) < 4.78 is 13.2. The number of aromatic hydroxyl groups is 1. The minimum atomic E-state index is -0.309. The van der Waals surface area contributed by atoms with Crippen LogP contribution in [-0.2, 0) is 0 Å². The first-order chi connectivity index (χ1) is 8.41. The molecule has 1 atom stereocenters. The van der Waals surface area contributed by atoms with E-state index in [0.717, 1.165) is 19.5 Å². The van der Waals surface area contributed by atoms with Gasteiger partial charge in [0.2, 0.25) is 0 Å². The Morgan fingerprint density at radius 1 is 1.22 bits per heavy atom. The maximum absolute atomic E-state index is 13.2. The van der Waals surface area contributed by atoms with Crippen LogP contribution in [0.2, 0.25) is 0 Å². The lowest BCUT2D eigenvalue weighted by Gasteiger charge is -2.26. The van der Waals surface area contributed by atoms with Gasteiger partial charge in [-0.25, -0.2) is 4.39 Å². The van der Waals surface area contributed by atoms with E-state index in [-0.39, 0.29) is 17.6 Å². The van der Waals surface area contributed by atoms with Crippen molar-refractivity contribution in [1.29, 1.82) is 0 Å². The van der Waals surface area contributed by atoms with E-state index in [1.54, 1.807) is 0 Å². The van der Waals surface area contributed by atoms with Gasteiger partial charge >= 0.3 is 0 Å². The second-order valence-corrected chi connectivity index (χ2v) is 5.02. The summed E-state index contributed by atoms with van der Waals surface area (Å²) in [5.74, 6) is -0.153. The normalized spacial score (nSPS) is 13.3. The van der Waals surface area contributed by atoms with Crippen molar-refractivity contribution >= 4 is 0 Å². The molecule has 0 amide bonds. The van der Waals surface area contributed by atoms with Crippen molar-refractivity contribution in [3.05, 3.63) is 29.6 Å². The van der Waals surface area contributed by atoms with Crippen LogP contribution in [0.3, 0.4) is 0 Å². The van der Waals surface area contributed by atoms with Crippen molar-refractivity contribution in [2.24, 2.45) is 0 Å². The summed E-state index contributed by atoms with van der Waals surface area (Å²) in [5, 5.41) is 9.77. The van der Waals surface area contributed by atoms with Crippen molar-refractivity contribution in [2.75, 3.05) is 34.2 Å². The first-order valence-corrected chi connectivity index (χ1v) is 6.25. The smallest absolute Gasteiger partial charge is 0.123 e. The Hall–Kier alpha value is -1.13. The number of phenols is 1. The second kappa shape index (κ2) is 6.71. The van der Waals surface area contributed by atoms with E-state index < -0.39 is 0 Å². The first kappa shape index (κ1) is 14.9. The van der Waals surface area contributed by atoms with Gasteiger partial charge in [0.05, 0.1) is 0 Å². The summed E-state index contributed by atoms with van der Waals surface area (Å²) in [6, 6.07) is 4.09. The fraction of sp³-hybridized carbons (Fsp3) is 0.571. The molecule has 18 heavy (non-hydrogen) atoms. The fourth-order valence-electron chi connectivity index (χ4n) is 1.93. The van der Waals surface area contributed by atoms with Crippen molar-refractivity contribution in [3.8, 4) is 5.75 Å². The Morgan fingerprint density at radius 3 is 2.50 bits per heavy atom. The Bertz CT molecular complexity index is 382. The minimum absolute atomic E-state index is 0.00265. The quantitative estimate of drug-likeness (QED) is 0.845. The Morgan fingerprint density at radius 2 is 1.89 bits per heavy atom. The third-order valence-electron chi connectivity index (χ3n) is 3.22. The number of hydrogen-bond donors (Lipinski definition) is 1. The number of halogens is 1. The SMILES string of the molecule is CC(c1cc(F)ccc1O)N(C)CCCN(C)C. The van der Waals surface area contributed by atoms with Crippen LogP contribution in [0.15, 0.2) is 18.2 Å². The average molecular weight is 254 g/mol. The van der Waals surface area contributed by atoms with E-state index in [2.05, 4.69) is 9.80 Å². The molecular formula is C14H23FN2O. The molecule has 0 bridgehead atoms. The van der Waals surface area contributed by atoms with E-state index in [1.165, 1.54) is 18.2 Å². The van der Waals surface area contributed by atoms with Crippen LogP contribution in [0.5, 0.6) is 5.75 Å². The Labute approximate surface area is 109 Å². The highest BCUT2D eigenvalue weighted by Crippen LogP contribution is 2.28. The van der Waals surface area contributed by atoms with Gasteiger partial charge in [-0.15, -0.1) is 0 Å². The zero-order valence-electron chi connectivity index (χ0n) is 11.7. The van der Waals surface area contributed by atoms with Crippen molar-refractivity contribution in [2.45, 2.75) is 19.4 Å². The predicted octanol–water partition coefficient (Wildman–Crippen LogP) is 2.48. The number of benzene rings is 1. The molecule has 0 heterocycles. The molecule has 1 aromatic rings. The lowest BCUT2D eigenvalue weighted by Crippen LogP contribution is -2.26. The van der Waals surface area contributed by atoms with Gasteiger partial charge in [-0.05, 0) is 65.8 Å². The topological polar surface area (TPSA) is 26.7 Å². The summed E-state index contributed by atoms with van der Waals surface area (Å²) in [6.45, 7) is 3.91. The summed E-state index contributed by atoms with van der Waals surface area (Å²) in [4.78, 5) is 4.26. The zero-order valence-corrected chi connectivity index (χ0v) is 11.7. The molecule has 0 spiro atoms. The molecule has 1 unspecified atom stereocenters. The first-order valence-electron chi connectivity index (χ1n) is 6.25. The highest BCUT2D eigenvalue weighted by atomic mass is 19.1. The molecule has 0 fully saturated rings. The molecule has 0 aliphatic carbocycles. The maximum atomic E-state index is 13.2. The largest absolute Gasteiger partial charge is 0.508 e. The van der Waals surface area contributed by atoms with Gasteiger partial charge < -0.3 is 10.0 Å². The lowest BCUT2D eigenvalue weighted by molar-refractivity contribution is 0.240. The Kier molecular flexibility index (Phi) is 5.56. The minimum Gasteiger partial charge on any atom is -0.508 e. The van der Waals surface area contributed by atoms with Crippen LogP contribution in [0.1, 0.15) is 24.9 Å². The van der Waals surface area contributed by atoms with E-state index in [1.807, 2.05) is 28.1 Å². The van der Waals surface area contributed by atoms with E-state index in [4.69, 9.17) is 0 Å². The molecule has 0 radical (unpaired) electrons. The molecule has 1 rings (SSSR count). The molecule has 0 aliphatic heterocycles. The molecule has 4 heteroatoms. The molecule has 1 N–H and O–H groups in total. The van der Waals surface area contributed by atoms with Crippen LogP contribution in [-0.4, -0.2) is 49.1 Å². The third-order valence-corrected chi connectivity index (χ3v) is 3.22. The summed E-state index contributed by atoms with van der Waals surface area (Å²) in [6.07, 6.45) is 1.05. The predicted molar refractivity (Wildman–Crippen MR) is 72.3 cm³/mol. The van der Waals surface area contributed by atoms with Crippen LogP contribution >= 0.6 is 0 Å². The highest BCUT2D eigenvalue weighted by molar-refractivity contribution is 5.34. The lowest BCUT2D eigenvalue weighted by atomic mass is 10.1. The van der Waals surface area contributed by atoms with Crippen LogP contribution in [0.25, 0.3) is 0 Å². The standard InChI is InChI=1S/C14H23FN2O/c1-11(17(4)9-5-8-16(2)3)13-10-12(15)6-7-14(13)18/h6-7,10-11,18H,5,8-9H2,1-4H3. The van der Waals surface area contributed by atoms with Gasteiger partial charge in [0, 0.05) is 11.6 Å². The maximum Gasteiger partial charge on any atom is 0.123 e. The molecule has 0 aliphatic rings. The van der Waals surface area contributed by atoms with Gasteiger partial charge in [-0.3, -0.25) is 4.90 Å². The summed E-state index contributed by atoms with van der Waals surface area (Å²) in [5.41, 5.74) is 0.641. The molecule has 0 aromatic heterocycles. The molecule has 3 nitrogen and oxygen atoms in total. The number of rotatable bonds is 6. The summed E-state index contributed by atoms with van der Waals surface area (Å²) >= 11 is 0. The van der Waals surface area contributed by atoms with E-state index in [0.29, 0.717) is 5.56 Å². The van der Waals surface area contributed by atoms with Crippen LogP contribution < -0.4 is 0 Å². The molecule has 1 aromatic carbocycles. The van der Waals surface area contributed by atoms with Gasteiger partial charge in [0.15, 0.2) is 0 Å². The second-order valence-electron chi connectivity index (χ2n) is 5.02. The van der Waals surface area contributed by atoms with Crippen molar-refractivity contribution in [1.82, 2.24) is 9.80 Å². The van der Waals surface area contributed by atoms with Crippen LogP contribution in [0.4, 0.5) is 4.39 Å². The number of hydrogen-bond acceptors (Lipinski definition) is 3. The van der Waals surface area contributed by atoms with Gasteiger partial charge in [-0.1, -0.05) is 0 Å². The molecule has 0 saturated carbocycles. The monoisotopic (exact) mass is 254 g/mol. The third kappa shape index (κ3) is 4.27. The van der Waals surface area contributed by atoms with Gasteiger partial charge in [-0.2, -0.15) is 0 Å². The summed E-state index contributed by atoms with van der Waals surface area (Å²) in [7, 11) is 6.08.